The first-order valence-corrected chi connectivity index (χ1v) is 7.62. The molecule has 0 aliphatic carbocycles. The van der Waals surface area contributed by atoms with Crippen LogP contribution in [-0.2, 0) is 31.1 Å². The minimum Gasteiger partial charge on any atom is -0.323 e. The lowest BCUT2D eigenvalue weighted by Gasteiger charge is -2.08. The quantitative estimate of drug-likeness (QED) is 0.915. The van der Waals surface area contributed by atoms with Crippen molar-refractivity contribution in [3.05, 3.63) is 46.0 Å². The number of nitrogens with zero attached hydrogens (tertiary/aromatic N) is 2. The standard InChI is InChI=1S/C16H19ClFN3O/c1-4-13-11(15(5-2)21(3)20-13)9-16(22)19-14-8-10(17)6-7-12(14)18/h6-8H,4-5,9H2,1-3H3,(H,19,22). The van der Waals surface area contributed by atoms with Gasteiger partial charge in [-0.05, 0) is 31.0 Å². The molecule has 1 N–H and O–H groups in total. The van der Waals surface area contributed by atoms with Crippen molar-refractivity contribution in [1.29, 1.82) is 0 Å². The van der Waals surface area contributed by atoms with E-state index in [4.69, 9.17) is 11.6 Å². The normalized spacial score (nSPS) is 10.8. The smallest absolute Gasteiger partial charge is 0.229 e. The number of aryl methyl sites for hydroxylation is 2. The predicted octanol–water partition coefficient (Wildman–Crippen LogP) is 3.52. The minimum absolute atomic E-state index is 0.0949. The minimum atomic E-state index is -0.504. The van der Waals surface area contributed by atoms with Crippen molar-refractivity contribution in [2.24, 2.45) is 7.05 Å². The van der Waals surface area contributed by atoms with Crippen LogP contribution in [0.3, 0.4) is 0 Å². The Balaban J connectivity index is 2.20. The van der Waals surface area contributed by atoms with E-state index in [-0.39, 0.29) is 18.0 Å². The van der Waals surface area contributed by atoms with Gasteiger partial charge in [-0.25, -0.2) is 4.39 Å². The van der Waals surface area contributed by atoms with E-state index < -0.39 is 5.82 Å². The molecule has 1 aromatic carbocycles. The topological polar surface area (TPSA) is 46.9 Å². The fourth-order valence-electron chi connectivity index (χ4n) is 2.54. The summed E-state index contributed by atoms with van der Waals surface area (Å²) in [6.07, 6.45) is 1.71. The second kappa shape index (κ2) is 6.92. The van der Waals surface area contributed by atoms with E-state index in [0.29, 0.717) is 5.02 Å². The van der Waals surface area contributed by atoms with Crippen molar-refractivity contribution in [1.82, 2.24) is 9.78 Å². The van der Waals surface area contributed by atoms with Gasteiger partial charge in [0.1, 0.15) is 5.82 Å². The number of amides is 1. The number of hydrogen-bond acceptors (Lipinski definition) is 2. The zero-order valence-electron chi connectivity index (χ0n) is 12.9. The van der Waals surface area contributed by atoms with Crippen molar-refractivity contribution in [3.8, 4) is 0 Å². The Kier molecular flexibility index (Phi) is 5.19. The number of anilines is 1. The first-order chi connectivity index (χ1) is 10.5. The molecule has 0 aliphatic rings. The van der Waals surface area contributed by atoms with Crippen LogP contribution in [0, 0.1) is 5.82 Å². The highest BCUT2D eigenvalue weighted by Crippen LogP contribution is 2.21. The maximum atomic E-state index is 13.7. The van der Waals surface area contributed by atoms with E-state index in [1.54, 1.807) is 4.68 Å². The van der Waals surface area contributed by atoms with Crippen LogP contribution in [0.2, 0.25) is 5.02 Å². The van der Waals surface area contributed by atoms with E-state index in [0.717, 1.165) is 29.8 Å². The average molecular weight is 324 g/mol. The van der Waals surface area contributed by atoms with E-state index >= 15 is 0 Å². The van der Waals surface area contributed by atoms with Crippen LogP contribution in [-0.4, -0.2) is 15.7 Å². The molecule has 0 spiro atoms. The Bertz CT molecular complexity index is 697. The molecule has 0 radical (unpaired) electrons. The summed E-state index contributed by atoms with van der Waals surface area (Å²) in [4.78, 5) is 12.2. The zero-order valence-corrected chi connectivity index (χ0v) is 13.7. The SMILES string of the molecule is CCc1nn(C)c(CC)c1CC(=O)Nc1cc(Cl)ccc1F. The summed E-state index contributed by atoms with van der Waals surface area (Å²) in [7, 11) is 1.87. The predicted molar refractivity (Wildman–Crippen MR) is 85.7 cm³/mol. The largest absolute Gasteiger partial charge is 0.323 e. The van der Waals surface area contributed by atoms with Gasteiger partial charge in [0.05, 0.1) is 17.8 Å². The Labute approximate surface area is 134 Å². The number of hydrogen-bond donors (Lipinski definition) is 1. The summed E-state index contributed by atoms with van der Waals surface area (Å²) < 4.78 is 15.5. The van der Waals surface area contributed by atoms with Gasteiger partial charge in [-0.3, -0.25) is 9.48 Å². The molecule has 0 atom stereocenters. The van der Waals surface area contributed by atoms with Crippen LogP contribution in [0.4, 0.5) is 10.1 Å². The Morgan fingerprint density at radius 1 is 1.36 bits per heavy atom. The molecule has 1 amide bonds. The second-order valence-electron chi connectivity index (χ2n) is 5.05. The molecule has 0 fully saturated rings. The summed E-state index contributed by atoms with van der Waals surface area (Å²) in [6.45, 7) is 4.02. The summed E-state index contributed by atoms with van der Waals surface area (Å²) in [5.74, 6) is -0.783. The van der Waals surface area contributed by atoms with Crippen LogP contribution in [0.15, 0.2) is 18.2 Å². The van der Waals surface area contributed by atoms with E-state index in [1.807, 2.05) is 20.9 Å². The van der Waals surface area contributed by atoms with Crippen LogP contribution < -0.4 is 5.32 Å². The molecule has 22 heavy (non-hydrogen) atoms. The van der Waals surface area contributed by atoms with Gasteiger partial charge in [0.25, 0.3) is 0 Å². The molecule has 1 aromatic heterocycles. The van der Waals surface area contributed by atoms with Gasteiger partial charge in [0.15, 0.2) is 0 Å². The highest BCUT2D eigenvalue weighted by Gasteiger charge is 2.17. The number of carbonyl (C=O) groups is 1. The van der Waals surface area contributed by atoms with Gasteiger partial charge in [0, 0.05) is 23.3 Å². The molecule has 0 saturated heterocycles. The number of benzene rings is 1. The molecule has 1 heterocycles. The molecule has 6 heteroatoms. The molecule has 0 aliphatic heterocycles. The fourth-order valence-corrected chi connectivity index (χ4v) is 2.71. The van der Waals surface area contributed by atoms with Gasteiger partial charge in [0.2, 0.25) is 5.91 Å². The lowest BCUT2D eigenvalue weighted by Crippen LogP contribution is -2.17. The van der Waals surface area contributed by atoms with Crippen LogP contribution in [0.25, 0.3) is 0 Å². The first-order valence-electron chi connectivity index (χ1n) is 7.24. The Hall–Kier alpha value is -1.88. The zero-order chi connectivity index (χ0) is 16.3. The van der Waals surface area contributed by atoms with E-state index in [2.05, 4.69) is 10.4 Å². The summed E-state index contributed by atoms with van der Waals surface area (Å²) in [5.41, 5.74) is 2.95. The highest BCUT2D eigenvalue weighted by atomic mass is 35.5. The number of nitrogens with one attached hydrogen (secondary N) is 1. The monoisotopic (exact) mass is 323 g/mol. The lowest BCUT2D eigenvalue weighted by molar-refractivity contribution is -0.115. The van der Waals surface area contributed by atoms with Crippen molar-refractivity contribution in [2.75, 3.05) is 5.32 Å². The molecule has 2 rings (SSSR count). The summed E-state index contributed by atoms with van der Waals surface area (Å²) in [5, 5.41) is 7.39. The third-order valence-corrected chi connectivity index (χ3v) is 3.80. The number of halogens is 2. The van der Waals surface area contributed by atoms with Crippen LogP contribution >= 0.6 is 11.6 Å². The third kappa shape index (κ3) is 3.47. The highest BCUT2D eigenvalue weighted by molar-refractivity contribution is 6.30. The van der Waals surface area contributed by atoms with Gasteiger partial charge in [-0.15, -0.1) is 0 Å². The number of aromatic nitrogens is 2. The van der Waals surface area contributed by atoms with Gasteiger partial charge < -0.3 is 5.32 Å². The van der Waals surface area contributed by atoms with Crippen molar-refractivity contribution in [3.63, 3.8) is 0 Å². The summed E-state index contributed by atoms with van der Waals surface area (Å²) in [6, 6.07) is 4.08. The molecule has 4 nitrogen and oxygen atoms in total. The van der Waals surface area contributed by atoms with Crippen LogP contribution in [0.5, 0.6) is 0 Å². The lowest BCUT2D eigenvalue weighted by atomic mass is 10.1. The molecule has 0 unspecified atom stereocenters. The Morgan fingerprint density at radius 2 is 2.09 bits per heavy atom. The second-order valence-corrected chi connectivity index (χ2v) is 5.49. The van der Waals surface area contributed by atoms with Crippen LogP contribution in [0.1, 0.15) is 30.8 Å². The molecular formula is C16H19ClFN3O. The molecule has 0 saturated carbocycles. The molecule has 118 valence electrons. The number of rotatable bonds is 5. The van der Waals surface area contributed by atoms with Crippen molar-refractivity contribution < 1.29 is 9.18 Å². The van der Waals surface area contributed by atoms with Gasteiger partial charge in [-0.1, -0.05) is 25.4 Å². The van der Waals surface area contributed by atoms with E-state index in [9.17, 15) is 9.18 Å². The van der Waals surface area contributed by atoms with Crippen molar-refractivity contribution >= 4 is 23.2 Å². The van der Waals surface area contributed by atoms with E-state index in [1.165, 1.54) is 18.2 Å². The third-order valence-electron chi connectivity index (χ3n) is 3.57. The van der Waals surface area contributed by atoms with Crippen molar-refractivity contribution in [2.45, 2.75) is 33.1 Å². The fraction of sp³-hybridized carbons (Fsp3) is 0.375. The first kappa shape index (κ1) is 16.5. The average Bonchev–Trinajstić information content (AvgIpc) is 2.78. The maximum Gasteiger partial charge on any atom is 0.229 e. The Morgan fingerprint density at radius 3 is 2.73 bits per heavy atom. The van der Waals surface area contributed by atoms with Gasteiger partial charge in [-0.2, -0.15) is 5.10 Å². The molecule has 0 bridgehead atoms. The molecule has 2 aromatic rings. The molecular weight excluding hydrogens is 305 g/mol. The van der Waals surface area contributed by atoms with Gasteiger partial charge >= 0.3 is 0 Å². The number of carbonyl (C=O) groups excluding carboxylic acids is 1. The summed E-state index contributed by atoms with van der Waals surface area (Å²) >= 11 is 5.83. The maximum absolute atomic E-state index is 13.7.